The first-order valence-corrected chi connectivity index (χ1v) is 11.1. The van der Waals surface area contributed by atoms with Gasteiger partial charge in [-0.1, -0.05) is 28.9 Å². The predicted octanol–water partition coefficient (Wildman–Crippen LogP) is 5.26. The molecule has 1 atom stereocenters. The number of benzene rings is 3. The molecule has 14 nitrogen and oxygen atoms in total. The van der Waals surface area contributed by atoms with Crippen molar-refractivity contribution in [2.75, 3.05) is 11.9 Å². The minimum absolute atomic E-state index is 0.289. The third-order valence-corrected chi connectivity index (χ3v) is 5.44. The lowest BCUT2D eigenvalue weighted by Gasteiger charge is -2.13. The minimum Gasteiger partial charge on any atom is -0.497 e. The number of nitro groups is 3. The van der Waals surface area contributed by atoms with Gasteiger partial charge in [-0.05, 0) is 49.7 Å². The third kappa shape index (κ3) is 6.64. The number of para-hydroxylation sites is 1. The Hall–Kier alpha value is -4.85. The van der Waals surface area contributed by atoms with Crippen LogP contribution in [0.4, 0.5) is 22.7 Å². The molecular weight excluding hydrogens is 510 g/mol. The van der Waals surface area contributed by atoms with Gasteiger partial charge in [-0.25, -0.2) is 4.68 Å². The molecule has 4 rings (SSSR count). The lowest BCUT2D eigenvalue weighted by molar-refractivity contribution is -0.404. The number of aromatic nitrogens is 3. The Morgan fingerprint density at radius 2 is 1.57 bits per heavy atom. The number of aromatic hydroxyl groups is 1. The highest BCUT2D eigenvalue weighted by Crippen LogP contribution is 2.39. The second-order valence-corrected chi connectivity index (χ2v) is 8.13. The third-order valence-electron chi connectivity index (χ3n) is 5.19. The van der Waals surface area contributed by atoms with Gasteiger partial charge >= 0.3 is 11.4 Å². The molecule has 0 spiro atoms. The number of nitrogens with zero attached hydrogens (tertiary/aromatic N) is 6. The Kier molecular flexibility index (Phi) is 8.47. The lowest BCUT2D eigenvalue weighted by Crippen LogP contribution is -2.12. The standard InChI is InChI=1S/C16H17ClN4.C6H3N3O7/c1-12(10-11-18-14-8-6-13(17)7-9-14)21-16-5-3-2-4-15(16)19-20-21;10-6-4(8(13)14)1-3(7(11)12)2-5(6)9(15)16/h2-9,12,18H,10-11H2,1H3;1-2,10H. The van der Waals surface area contributed by atoms with Crippen molar-refractivity contribution < 1.29 is 19.9 Å². The number of anilines is 1. The number of halogens is 1. The smallest absolute Gasteiger partial charge is 0.324 e. The van der Waals surface area contributed by atoms with E-state index in [1.54, 1.807) is 0 Å². The molecular formula is C22H20ClN7O7. The van der Waals surface area contributed by atoms with Crippen molar-refractivity contribution in [2.24, 2.45) is 0 Å². The van der Waals surface area contributed by atoms with Gasteiger partial charge in [-0.2, -0.15) is 0 Å². The summed E-state index contributed by atoms with van der Waals surface area (Å²) in [6.07, 6.45) is 0.968. The molecule has 0 amide bonds. The van der Waals surface area contributed by atoms with Crippen LogP contribution >= 0.6 is 11.6 Å². The molecule has 0 aliphatic carbocycles. The second kappa shape index (κ2) is 11.7. The number of non-ortho nitro benzene ring substituents is 1. The summed E-state index contributed by atoms with van der Waals surface area (Å²) < 4.78 is 1.98. The molecule has 3 aromatic carbocycles. The first kappa shape index (κ1) is 26.7. The van der Waals surface area contributed by atoms with Gasteiger partial charge in [0.25, 0.3) is 11.4 Å². The predicted molar refractivity (Wildman–Crippen MR) is 135 cm³/mol. The van der Waals surface area contributed by atoms with Crippen molar-refractivity contribution >= 4 is 45.4 Å². The summed E-state index contributed by atoms with van der Waals surface area (Å²) in [6, 6.07) is 17.0. The fourth-order valence-electron chi connectivity index (χ4n) is 3.30. The van der Waals surface area contributed by atoms with Crippen LogP contribution < -0.4 is 5.32 Å². The van der Waals surface area contributed by atoms with E-state index in [1.807, 2.05) is 47.1 Å². The molecule has 0 saturated carbocycles. The number of phenolic OH excluding ortho intramolecular Hbond substituents is 1. The summed E-state index contributed by atoms with van der Waals surface area (Å²) in [5, 5.41) is 52.8. The molecule has 0 aliphatic rings. The van der Waals surface area contributed by atoms with Gasteiger partial charge in [0.15, 0.2) is 0 Å². The maximum Gasteiger partial charge on any atom is 0.324 e. The fraction of sp³-hybridized carbons (Fsp3) is 0.182. The monoisotopic (exact) mass is 529 g/mol. The zero-order valence-electron chi connectivity index (χ0n) is 19.2. The number of nitro benzene ring substituents is 3. The van der Waals surface area contributed by atoms with Crippen LogP contribution in [0.5, 0.6) is 5.75 Å². The zero-order valence-corrected chi connectivity index (χ0v) is 20.0. The van der Waals surface area contributed by atoms with Crippen molar-refractivity contribution in [3.05, 3.63) is 96.0 Å². The van der Waals surface area contributed by atoms with Crippen molar-refractivity contribution in [2.45, 2.75) is 19.4 Å². The van der Waals surface area contributed by atoms with Gasteiger partial charge in [-0.15, -0.1) is 5.10 Å². The number of hydrogen-bond donors (Lipinski definition) is 2. The Morgan fingerprint density at radius 3 is 2.14 bits per heavy atom. The molecule has 0 bridgehead atoms. The molecule has 1 unspecified atom stereocenters. The number of phenols is 1. The molecule has 0 fully saturated rings. The Bertz CT molecular complexity index is 1410. The van der Waals surface area contributed by atoms with Crippen LogP contribution in [0.3, 0.4) is 0 Å². The SMILES string of the molecule is CC(CCNc1ccc(Cl)cc1)n1nnc2ccccc21.O=[N+]([O-])c1cc([N+](=O)[O-])c(O)c([N+](=O)[O-])c1. The summed E-state index contributed by atoms with van der Waals surface area (Å²) in [7, 11) is 0. The number of fused-ring (bicyclic) bond motifs is 1. The highest BCUT2D eigenvalue weighted by molar-refractivity contribution is 6.30. The summed E-state index contributed by atoms with van der Waals surface area (Å²) in [5.74, 6) is -1.21. The number of nitrogens with one attached hydrogen (secondary N) is 1. The van der Waals surface area contributed by atoms with E-state index in [9.17, 15) is 30.3 Å². The van der Waals surface area contributed by atoms with Gasteiger partial charge in [-0.3, -0.25) is 30.3 Å². The molecule has 4 aromatic rings. The summed E-state index contributed by atoms with van der Waals surface area (Å²) in [6.45, 7) is 3.03. The van der Waals surface area contributed by atoms with Crippen LogP contribution in [0.1, 0.15) is 19.4 Å². The maximum absolute atomic E-state index is 10.4. The van der Waals surface area contributed by atoms with Crippen molar-refractivity contribution in [3.8, 4) is 5.75 Å². The zero-order chi connectivity index (χ0) is 27.1. The van der Waals surface area contributed by atoms with Crippen LogP contribution in [0, 0.1) is 30.3 Å². The van der Waals surface area contributed by atoms with Crippen molar-refractivity contribution in [3.63, 3.8) is 0 Å². The topological polar surface area (TPSA) is 192 Å². The highest BCUT2D eigenvalue weighted by Gasteiger charge is 2.30. The maximum atomic E-state index is 10.4. The molecule has 1 heterocycles. The Balaban J connectivity index is 0.000000214. The normalized spacial score (nSPS) is 11.3. The lowest BCUT2D eigenvalue weighted by atomic mass is 10.2. The average Bonchev–Trinajstić information content (AvgIpc) is 3.29. The van der Waals surface area contributed by atoms with E-state index in [-0.39, 0.29) is 6.04 Å². The van der Waals surface area contributed by atoms with Crippen LogP contribution in [-0.2, 0) is 0 Å². The Labute approximate surface area is 213 Å². The van der Waals surface area contributed by atoms with E-state index in [0.29, 0.717) is 12.1 Å². The highest BCUT2D eigenvalue weighted by atomic mass is 35.5. The van der Waals surface area contributed by atoms with E-state index < -0.39 is 37.6 Å². The molecule has 0 radical (unpaired) electrons. The van der Waals surface area contributed by atoms with Gasteiger partial charge in [0.1, 0.15) is 5.52 Å². The van der Waals surface area contributed by atoms with E-state index in [0.717, 1.165) is 34.7 Å². The van der Waals surface area contributed by atoms with Gasteiger partial charge in [0, 0.05) is 17.3 Å². The second-order valence-electron chi connectivity index (χ2n) is 7.70. The molecule has 15 heteroatoms. The van der Waals surface area contributed by atoms with Crippen molar-refractivity contribution in [1.82, 2.24) is 15.0 Å². The summed E-state index contributed by atoms with van der Waals surface area (Å²) in [4.78, 5) is 27.8. The number of rotatable bonds is 8. The summed E-state index contributed by atoms with van der Waals surface area (Å²) in [5.41, 5.74) is 0.0968. The largest absolute Gasteiger partial charge is 0.497 e. The Morgan fingerprint density at radius 1 is 0.973 bits per heavy atom. The minimum atomic E-state index is -1.21. The van der Waals surface area contributed by atoms with Crippen LogP contribution in [0.25, 0.3) is 11.0 Å². The quantitative estimate of drug-likeness (QED) is 0.224. The van der Waals surface area contributed by atoms with E-state index in [4.69, 9.17) is 16.7 Å². The summed E-state index contributed by atoms with van der Waals surface area (Å²) >= 11 is 5.87. The van der Waals surface area contributed by atoms with Gasteiger partial charge in [0.05, 0.1) is 38.5 Å². The van der Waals surface area contributed by atoms with Gasteiger partial charge in [0.2, 0.25) is 0 Å². The number of hydrogen-bond acceptors (Lipinski definition) is 10. The van der Waals surface area contributed by atoms with Crippen LogP contribution in [0.2, 0.25) is 5.02 Å². The molecule has 1 aromatic heterocycles. The molecule has 192 valence electrons. The first-order valence-electron chi connectivity index (χ1n) is 10.7. The molecule has 0 aliphatic heterocycles. The van der Waals surface area contributed by atoms with E-state index in [1.165, 1.54) is 0 Å². The fourth-order valence-corrected chi connectivity index (χ4v) is 3.43. The average molecular weight is 530 g/mol. The van der Waals surface area contributed by atoms with E-state index >= 15 is 0 Å². The molecule has 0 saturated heterocycles. The van der Waals surface area contributed by atoms with Crippen LogP contribution in [0.15, 0.2) is 60.7 Å². The molecule has 2 N–H and O–H groups in total. The van der Waals surface area contributed by atoms with Crippen LogP contribution in [-0.4, -0.2) is 41.4 Å². The van der Waals surface area contributed by atoms with E-state index in [2.05, 4.69) is 28.6 Å². The van der Waals surface area contributed by atoms with Gasteiger partial charge < -0.3 is 10.4 Å². The molecule has 37 heavy (non-hydrogen) atoms. The van der Waals surface area contributed by atoms with Crippen molar-refractivity contribution in [1.29, 1.82) is 0 Å². The first-order chi connectivity index (χ1) is 17.6.